The van der Waals surface area contributed by atoms with Crippen LogP contribution in [0.5, 0.6) is 5.75 Å². The van der Waals surface area contributed by atoms with Gasteiger partial charge in [-0.3, -0.25) is 4.79 Å². The average Bonchev–Trinajstić information content (AvgIpc) is 2.18. The van der Waals surface area contributed by atoms with Crippen LogP contribution in [-0.4, -0.2) is 17.7 Å². The summed E-state index contributed by atoms with van der Waals surface area (Å²) in [5.74, 6) is -0.993. The third-order valence-corrected chi connectivity index (χ3v) is 1.57. The second-order valence-electron chi connectivity index (χ2n) is 2.38. The Labute approximate surface area is 89.4 Å². The standard InChI is InChI=1S/C9H5F2NO2S/c10-9(11)14-7-4-2-1-3-6(7)8(13)12-5-15/h1-4,9H. The first-order valence-corrected chi connectivity index (χ1v) is 4.22. The van der Waals surface area contributed by atoms with Gasteiger partial charge in [0.1, 0.15) is 5.75 Å². The molecule has 3 nitrogen and oxygen atoms in total. The van der Waals surface area contributed by atoms with Gasteiger partial charge in [0.2, 0.25) is 0 Å². The van der Waals surface area contributed by atoms with Crippen molar-refractivity contribution in [3.8, 4) is 5.75 Å². The van der Waals surface area contributed by atoms with Crippen LogP contribution in [0.4, 0.5) is 8.78 Å². The normalized spacial score (nSPS) is 9.53. The lowest BCUT2D eigenvalue weighted by molar-refractivity contribution is -0.0501. The van der Waals surface area contributed by atoms with Gasteiger partial charge in [-0.2, -0.15) is 13.8 Å². The van der Waals surface area contributed by atoms with Crippen molar-refractivity contribution in [3.05, 3.63) is 29.8 Å². The molecule has 1 aromatic carbocycles. The number of aliphatic imine (C=N–C) groups is 1. The van der Waals surface area contributed by atoms with Crippen LogP contribution in [0.15, 0.2) is 29.3 Å². The number of ether oxygens (including phenoxy) is 1. The van der Waals surface area contributed by atoms with Crippen molar-refractivity contribution in [1.29, 1.82) is 0 Å². The highest BCUT2D eigenvalue weighted by Crippen LogP contribution is 2.20. The zero-order valence-electron chi connectivity index (χ0n) is 7.31. The Morgan fingerprint density at radius 2 is 2.13 bits per heavy atom. The number of benzene rings is 1. The number of carbonyl (C=O) groups is 1. The van der Waals surface area contributed by atoms with Crippen molar-refractivity contribution in [2.75, 3.05) is 0 Å². The summed E-state index contributed by atoms with van der Waals surface area (Å²) in [6.07, 6.45) is 0. The summed E-state index contributed by atoms with van der Waals surface area (Å²) >= 11 is 4.23. The van der Waals surface area contributed by atoms with E-state index in [2.05, 4.69) is 21.9 Å². The number of rotatable bonds is 3. The molecular weight excluding hydrogens is 224 g/mol. The van der Waals surface area contributed by atoms with E-state index < -0.39 is 12.5 Å². The Morgan fingerprint density at radius 1 is 1.47 bits per heavy atom. The average molecular weight is 229 g/mol. The summed E-state index contributed by atoms with van der Waals surface area (Å²) in [5.41, 5.74) is -0.0739. The maximum Gasteiger partial charge on any atom is 0.387 e. The molecule has 0 heterocycles. The van der Waals surface area contributed by atoms with Crippen LogP contribution >= 0.6 is 12.2 Å². The number of alkyl halides is 2. The summed E-state index contributed by atoms with van der Waals surface area (Å²) in [4.78, 5) is 14.4. The molecule has 0 aliphatic carbocycles. The first-order valence-electron chi connectivity index (χ1n) is 3.81. The van der Waals surface area contributed by atoms with Gasteiger partial charge in [-0.05, 0) is 24.4 Å². The minimum atomic E-state index is -2.99. The van der Waals surface area contributed by atoms with E-state index in [4.69, 9.17) is 0 Å². The van der Waals surface area contributed by atoms with Gasteiger partial charge in [0.05, 0.1) is 10.7 Å². The van der Waals surface area contributed by atoms with Gasteiger partial charge in [-0.1, -0.05) is 12.1 Å². The van der Waals surface area contributed by atoms with Crippen LogP contribution < -0.4 is 4.74 Å². The summed E-state index contributed by atoms with van der Waals surface area (Å²) in [6.45, 7) is -2.99. The van der Waals surface area contributed by atoms with E-state index >= 15 is 0 Å². The number of halogens is 2. The maximum atomic E-state index is 11.9. The zero-order chi connectivity index (χ0) is 11.3. The summed E-state index contributed by atoms with van der Waals surface area (Å²) in [7, 11) is 0. The van der Waals surface area contributed by atoms with Gasteiger partial charge in [0, 0.05) is 0 Å². The molecule has 1 aromatic rings. The Morgan fingerprint density at radius 3 is 2.73 bits per heavy atom. The van der Waals surface area contributed by atoms with Gasteiger partial charge in [0.25, 0.3) is 5.91 Å². The van der Waals surface area contributed by atoms with Crippen molar-refractivity contribution >= 4 is 23.3 Å². The predicted octanol–water partition coefficient (Wildman–Crippen LogP) is 2.53. The quantitative estimate of drug-likeness (QED) is 0.590. The molecule has 0 atom stereocenters. The smallest absolute Gasteiger partial charge is 0.387 e. The number of thiocarbonyl (C=S) groups is 1. The molecule has 0 aliphatic rings. The van der Waals surface area contributed by atoms with E-state index in [-0.39, 0.29) is 11.3 Å². The lowest BCUT2D eigenvalue weighted by atomic mass is 10.2. The molecule has 6 heteroatoms. The minimum absolute atomic E-state index is 0.0739. The van der Waals surface area contributed by atoms with Crippen molar-refractivity contribution < 1.29 is 18.3 Å². The topological polar surface area (TPSA) is 38.7 Å². The molecule has 0 spiro atoms. The van der Waals surface area contributed by atoms with Gasteiger partial charge < -0.3 is 4.74 Å². The number of para-hydroxylation sites is 1. The van der Waals surface area contributed by atoms with E-state index in [1.54, 1.807) is 0 Å². The van der Waals surface area contributed by atoms with Gasteiger partial charge in [-0.25, -0.2) is 0 Å². The van der Waals surface area contributed by atoms with Crippen molar-refractivity contribution in [3.63, 3.8) is 0 Å². The molecule has 0 unspecified atom stereocenters. The lowest BCUT2D eigenvalue weighted by Crippen LogP contribution is -2.06. The number of isothiocyanates is 1. The van der Waals surface area contributed by atoms with Crippen LogP contribution in [0.2, 0.25) is 0 Å². The van der Waals surface area contributed by atoms with Gasteiger partial charge in [-0.15, -0.1) is 0 Å². The molecule has 0 saturated carbocycles. The highest BCUT2D eigenvalue weighted by molar-refractivity contribution is 7.78. The summed E-state index contributed by atoms with van der Waals surface area (Å²) in [6, 6.07) is 5.54. The number of amides is 1. The first-order chi connectivity index (χ1) is 7.15. The van der Waals surface area contributed by atoms with E-state index in [0.29, 0.717) is 0 Å². The number of nitrogens with zero attached hydrogens (tertiary/aromatic N) is 1. The van der Waals surface area contributed by atoms with Crippen molar-refractivity contribution in [2.24, 2.45) is 4.99 Å². The van der Waals surface area contributed by atoms with E-state index in [1.807, 2.05) is 5.16 Å². The van der Waals surface area contributed by atoms with E-state index in [0.717, 1.165) is 0 Å². The lowest BCUT2D eigenvalue weighted by Gasteiger charge is -2.06. The fraction of sp³-hybridized carbons (Fsp3) is 0.111. The number of carbonyl (C=O) groups excluding carboxylic acids is 1. The molecule has 15 heavy (non-hydrogen) atoms. The van der Waals surface area contributed by atoms with E-state index in [1.165, 1.54) is 24.3 Å². The first kappa shape index (κ1) is 11.4. The van der Waals surface area contributed by atoms with Crippen LogP contribution in [0, 0.1) is 0 Å². The fourth-order valence-electron chi connectivity index (χ4n) is 0.944. The minimum Gasteiger partial charge on any atom is -0.434 e. The Bertz CT molecular complexity index is 416. The molecule has 0 bridgehead atoms. The van der Waals surface area contributed by atoms with Crippen molar-refractivity contribution in [1.82, 2.24) is 0 Å². The highest BCUT2D eigenvalue weighted by atomic mass is 32.1. The molecule has 0 aliphatic heterocycles. The molecule has 0 radical (unpaired) electrons. The third-order valence-electron chi connectivity index (χ3n) is 1.48. The Hall–Kier alpha value is -1.65. The SMILES string of the molecule is O=C(N=C=S)c1ccccc1OC(F)F. The maximum absolute atomic E-state index is 11.9. The monoisotopic (exact) mass is 229 g/mol. The van der Waals surface area contributed by atoms with Crippen LogP contribution in [0.1, 0.15) is 10.4 Å². The van der Waals surface area contributed by atoms with Crippen molar-refractivity contribution in [2.45, 2.75) is 6.61 Å². The largest absolute Gasteiger partial charge is 0.434 e. The van der Waals surface area contributed by atoms with Gasteiger partial charge >= 0.3 is 6.61 Å². The van der Waals surface area contributed by atoms with Crippen LogP contribution in [-0.2, 0) is 0 Å². The van der Waals surface area contributed by atoms with E-state index in [9.17, 15) is 13.6 Å². The highest BCUT2D eigenvalue weighted by Gasteiger charge is 2.13. The summed E-state index contributed by atoms with van der Waals surface area (Å²) < 4.78 is 28.0. The molecule has 0 aromatic heterocycles. The second kappa shape index (κ2) is 5.29. The molecule has 78 valence electrons. The Balaban J connectivity index is 3.05. The fourth-order valence-corrected chi connectivity index (χ4v) is 1.03. The molecular formula is C9H5F2NO2S. The number of hydrogen-bond acceptors (Lipinski definition) is 3. The molecule has 0 fully saturated rings. The third kappa shape index (κ3) is 3.19. The zero-order valence-corrected chi connectivity index (χ0v) is 8.13. The van der Waals surface area contributed by atoms with Crippen LogP contribution in [0.25, 0.3) is 0 Å². The molecule has 1 amide bonds. The Kier molecular flexibility index (Phi) is 4.03. The summed E-state index contributed by atoms with van der Waals surface area (Å²) in [5, 5.41) is 1.86. The van der Waals surface area contributed by atoms with Crippen LogP contribution in [0.3, 0.4) is 0 Å². The van der Waals surface area contributed by atoms with Gasteiger partial charge in [0.15, 0.2) is 0 Å². The molecule has 1 rings (SSSR count). The molecule has 0 saturated heterocycles. The second-order valence-corrected chi connectivity index (χ2v) is 2.57. The predicted molar refractivity (Wildman–Crippen MR) is 52.4 cm³/mol. The number of hydrogen-bond donors (Lipinski definition) is 0. The molecule has 0 N–H and O–H groups in total.